The first-order valence-electron chi connectivity index (χ1n) is 10.5. The van der Waals surface area contributed by atoms with Crippen LogP contribution in [0.5, 0.6) is 0 Å². The smallest absolute Gasteiger partial charge is 0.233 e. The maximum absolute atomic E-state index is 13.4. The van der Waals surface area contributed by atoms with Gasteiger partial charge < -0.3 is 4.42 Å². The van der Waals surface area contributed by atoms with Gasteiger partial charge in [0.2, 0.25) is 5.89 Å². The lowest BCUT2D eigenvalue weighted by molar-refractivity contribution is 0.528. The van der Waals surface area contributed by atoms with Crippen LogP contribution in [0.4, 0.5) is 4.39 Å². The van der Waals surface area contributed by atoms with Crippen molar-refractivity contribution in [3.63, 3.8) is 0 Å². The van der Waals surface area contributed by atoms with Gasteiger partial charge in [0, 0.05) is 5.56 Å². The predicted octanol–water partition coefficient (Wildman–Crippen LogP) is 5.97. The molecule has 0 atom stereocenters. The van der Waals surface area contributed by atoms with Crippen LogP contribution in [0.1, 0.15) is 5.89 Å². The van der Waals surface area contributed by atoms with Crippen LogP contribution in [0.25, 0.3) is 11.3 Å². The Morgan fingerprint density at radius 3 is 1.56 bits per heavy atom. The summed E-state index contributed by atoms with van der Waals surface area (Å²) in [6, 6.07) is 38.2. The molecule has 4 heteroatoms. The Balaban J connectivity index is 1.66. The zero-order chi connectivity index (χ0) is 21.8. The maximum atomic E-state index is 13.4. The van der Waals surface area contributed by atoms with Crippen LogP contribution < -0.4 is 15.9 Å². The average molecular weight is 438 g/mol. The summed E-state index contributed by atoms with van der Waals surface area (Å²) < 4.78 is 19.6. The summed E-state index contributed by atoms with van der Waals surface area (Å²) in [5, 5.41) is 3.83. The van der Waals surface area contributed by atoms with E-state index in [1.165, 1.54) is 28.0 Å². The molecule has 5 rings (SSSR count). The van der Waals surface area contributed by atoms with E-state index < -0.39 is 7.26 Å². The monoisotopic (exact) mass is 438 g/mol. The van der Waals surface area contributed by atoms with Crippen LogP contribution in [0, 0.1) is 5.82 Å². The molecule has 0 radical (unpaired) electrons. The highest BCUT2D eigenvalue weighted by Crippen LogP contribution is 2.58. The molecule has 2 nitrogen and oxygen atoms in total. The number of rotatable bonds is 6. The first-order chi connectivity index (χ1) is 15.8. The molecule has 32 heavy (non-hydrogen) atoms. The van der Waals surface area contributed by atoms with Gasteiger partial charge >= 0.3 is 0 Å². The quantitative estimate of drug-likeness (QED) is 0.305. The highest BCUT2D eigenvalue weighted by Gasteiger charge is 2.46. The zero-order valence-electron chi connectivity index (χ0n) is 17.4. The van der Waals surface area contributed by atoms with Gasteiger partial charge in [-0.25, -0.2) is 9.37 Å². The number of oxazole rings is 1. The molecule has 0 fully saturated rings. The third kappa shape index (κ3) is 3.88. The highest BCUT2D eigenvalue weighted by atomic mass is 31.2. The summed E-state index contributed by atoms with van der Waals surface area (Å²) in [7, 11) is -2.08. The second kappa shape index (κ2) is 8.90. The molecule has 0 saturated carbocycles. The molecule has 0 unspecified atom stereocenters. The molecular formula is C28H22FNOP+. The van der Waals surface area contributed by atoms with E-state index in [2.05, 4.69) is 77.8 Å². The average Bonchev–Trinajstić information content (AvgIpc) is 3.33. The van der Waals surface area contributed by atoms with Crippen molar-refractivity contribution in [2.24, 2.45) is 0 Å². The number of benzene rings is 4. The van der Waals surface area contributed by atoms with Crippen molar-refractivity contribution in [3.05, 3.63) is 133 Å². The van der Waals surface area contributed by atoms with Gasteiger partial charge in [-0.05, 0) is 60.7 Å². The van der Waals surface area contributed by atoms with E-state index in [9.17, 15) is 4.39 Å². The molecule has 0 bridgehead atoms. The van der Waals surface area contributed by atoms with Crippen molar-refractivity contribution in [2.45, 2.75) is 6.16 Å². The Morgan fingerprint density at radius 1 is 0.625 bits per heavy atom. The van der Waals surface area contributed by atoms with Gasteiger partial charge in [0.15, 0.2) is 5.76 Å². The zero-order valence-corrected chi connectivity index (χ0v) is 18.3. The van der Waals surface area contributed by atoms with Crippen LogP contribution in [0.3, 0.4) is 0 Å². The maximum Gasteiger partial charge on any atom is 0.233 e. The van der Waals surface area contributed by atoms with Crippen molar-refractivity contribution in [3.8, 4) is 11.3 Å². The molecule has 0 N–H and O–H groups in total. The molecule has 1 aromatic heterocycles. The second-order valence-corrected chi connectivity index (χ2v) is 11.1. The van der Waals surface area contributed by atoms with Crippen molar-refractivity contribution in [1.82, 2.24) is 4.98 Å². The van der Waals surface area contributed by atoms with Crippen LogP contribution in [0.2, 0.25) is 0 Å². The van der Waals surface area contributed by atoms with Crippen molar-refractivity contribution in [1.29, 1.82) is 0 Å². The fourth-order valence-electron chi connectivity index (χ4n) is 4.10. The van der Waals surface area contributed by atoms with Crippen LogP contribution >= 0.6 is 7.26 Å². The summed E-state index contributed by atoms with van der Waals surface area (Å²) in [4.78, 5) is 4.64. The Bertz CT molecular complexity index is 1190. The standard InChI is InChI=1S/C28H22FNOP/c29-23-18-16-22(17-19-23)27-20-30-28(31-27)21-32(24-10-4-1-5-11-24,25-12-6-2-7-13-25)26-14-8-3-9-15-26/h1-20H,21H2/q+1. The number of hydrogen-bond donors (Lipinski definition) is 0. The Labute approximate surface area is 187 Å². The Kier molecular flexibility index (Phi) is 5.66. The molecule has 5 aromatic rings. The van der Waals surface area contributed by atoms with Gasteiger partial charge in [0.05, 0.1) is 6.20 Å². The van der Waals surface area contributed by atoms with Crippen LogP contribution in [-0.2, 0) is 6.16 Å². The fourth-order valence-corrected chi connectivity index (χ4v) is 8.14. The summed E-state index contributed by atoms with van der Waals surface area (Å²) in [6.45, 7) is 0. The molecule has 1 heterocycles. The number of aromatic nitrogens is 1. The Hall–Kier alpha value is -3.55. The number of halogens is 1. The molecule has 4 aromatic carbocycles. The van der Waals surface area contributed by atoms with E-state index in [0.717, 1.165) is 5.56 Å². The summed E-state index contributed by atoms with van der Waals surface area (Å²) in [6.07, 6.45) is 2.39. The largest absolute Gasteiger partial charge is 0.437 e. The topological polar surface area (TPSA) is 26.0 Å². The molecular weight excluding hydrogens is 416 g/mol. The highest BCUT2D eigenvalue weighted by molar-refractivity contribution is 7.95. The lowest BCUT2D eigenvalue weighted by Gasteiger charge is -2.26. The number of nitrogens with zero attached hydrogens (tertiary/aromatic N) is 1. The Morgan fingerprint density at radius 2 is 1.09 bits per heavy atom. The minimum absolute atomic E-state index is 0.268. The second-order valence-electron chi connectivity index (χ2n) is 7.60. The van der Waals surface area contributed by atoms with E-state index in [1.54, 1.807) is 18.3 Å². The summed E-state index contributed by atoms with van der Waals surface area (Å²) >= 11 is 0. The molecule has 0 amide bonds. The lowest BCUT2D eigenvalue weighted by atomic mass is 10.2. The summed E-state index contributed by atoms with van der Waals surface area (Å²) in [5.41, 5.74) is 0.813. The molecule has 0 aliphatic heterocycles. The molecule has 0 saturated heterocycles. The van der Waals surface area contributed by atoms with Gasteiger partial charge in [-0.2, -0.15) is 0 Å². The summed E-state index contributed by atoms with van der Waals surface area (Å²) in [5.74, 6) is 1.05. The SMILES string of the molecule is Fc1ccc(-c2cnc(C[P+](c3ccccc3)(c3ccccc3)c3ccccc3)o2)cc1. The molecule has 0 aliphatic carbocycles. The number of hydrogen-bond acceptors (Lipinski definition) is 2. The van der Waals surface area contributed by atoms with Crippen LogP contribution in [0.15, 0.2) is 126 Å². The lowest BCUT2D eigenvalue weighted by Crippen LogP contribution is -2.32. The van der Waals surface area contributed by atoms with Gasteiger partial charge in [-0.1, -0.05) is 54.6 Å². The van der Waals surface area contributed by atoms with Gasteiger partial charge in [0.1, 0.15) is 35.2 Å². The normalized spacial score (nSPS) is 11.4. The van der Waals surface area contributed by atoms with E-state index in [-0.39, 0.29) is 5.82 Å². The van der Waals surface area contributed by atoms with Gasteiger partial charge in [-0.15, -0.1) is 0 Å². The van der Waals surface area contributed by atoms with Gasteiger partial charge in [0.25, 0.3) is 0 Å². The van der Waals surface area contributed by atoms with E-state index >= 15 is 0 Å². The first kappa shape index (κ1) is 20.4. The third-order valence-electron chi connectivity index (χ3n) is 5.65. The minimum Gasteiger partial charge on any atom is -0.437 e. The first-order valence-corrected chi connectivity index (χ1v) is 12.5. The van der Waals surface area contributed by atoms with Crippen molar-refractivity contribution in [2.75, 3.05) is 0 Å². The van der Waals surface area contributed by atoms with Gasteiger partial charge in [-0.3, -0.25) is 0 Å². The van der Waals surface area contributed by atoms with Crippen molar-refractivity contribution >= 4 is 23.2 Å². The predicted molar refractivity (Wildman–Crippen MR) is 131 cm³/mol. The third-order valence-corrected chi connectivity index (χ3v) is 9.93. The minimum atomic E-state index is -2.08. The molecule has 0 spiro atoms. The van der Waals surface area contributed by atoms with E-state index in [1.807, 2.05) is 18.2 Å². The fraction of sp³-hybridized carbons (Fsp3) is 0.0357. The van der Waals surface area contributed by atoms with Crippen molar-refractivity contribution < 1.29 is 8.81 Å². The molecule has 0 aliphatic rings. The van der Waals surface area contributed by atoms with Crippen LogP contribution in [-0.4, -0.2) is 4.98 Å². The molecule has 156 valence electrons. The van der Waals surface area contributed by atoms with E-state index in [0.29, 0.717) is 17.8 Å². The van der Waals surface area contributed by atoms with E-state index in [4.69, 9.17) is 4.42 Å².